The molecule has 0 bridgehead atoms. The second kappa shape index (κ2) is 13.0. The number of aliphatic imine (C=N–C) groups is 1. The minimum atomic E-state index is -3.41. The summed E-state index contributed by atoms with van der Waals surface area (Å²) >= 11 is 0. The first-order chi connectivity index (χ1) is 14.2. The molecule has 0 aromatic heterocycles. The molecule has 3 N–H and O–H groups in total. The molecule has 0 unspecified atom stereocenters. The van der Waals surface area contributed by atoms with Gasteiger partial charge in [-0.3, -0.25) is 0 Å². The number of sulfonamides is 1. The predicted octanol–water partition coefficient (Wildman–Crippen LogP) is 3.84. The number of hydrogen-bond donors (Lipinski definition) is 3. The molecule has 2 aromatic rings. The van der Waals surface area contributed by atoms with Crippen molar-refractivity contribution in [1.29, 1.82) is 0 Å². The van der Waals surface area contributed by atoms with Gasteiger partial charge in [0.25, 0.3) is 0 Å². The van der Waals surface area contributed by atoms with Gasteiger partial charge in [-0.25, -0.2) is 22.5 Å². The van der Waals surface area contributed by atoms with Crippen LogP contribution in [-0.2, 0) is 28.9 Å². The molecule has 6 nitrogen and oxygen atoms in total. The summed E-state index contributed by atoms with van der Waals surface area (Å²) in [5.74, 6) is 0.301. The van der Waals surface area contributed by atoms with Gasteiger partial charge in [-0.15, -0.1) is 24.0 Å². The molecule has 0 radical (unpaired) electrons. The maximum atomic E-state index is 13.4. The Balaban J connectivity index is 0.00000480. The van der Waals surface area contributed by atoms with Crippen LogP contribution in [0.3, 0.4) is 0 Å². The van der Waals surface area contributed by atoms with Crippen molar-refractivity contribution >= 4 is 40.0 Å². The molecule has 0 aliphatic heterocycles. The van der Waals surface area contributed by atoms with Crippen LogP contribution >= 0.6 is 24.0 Å². The summed E-state index contributed by atoms with van der Waals surface area (Å²) < 4.78 is 40.7. The zero-order valence-electron chi connectivity index (χ0n) is 18.4. The van der Waals surface area contributed by atoms with Gasteiger partial charge in [0.15, 0.2) is 5.96 Å². The van der Waals surface area contributed by atoms with Gasteiger partial charge in [-0.1, -0.05) is 36.4 Å². The molecule has 0 atom stereocenters. The number of rotatable bonds is 9. The molecule has 2 aromatic carbocycles. The van der Waals surface area contributed by atoms with Crippen molar-refractivity contribution in [3.8, 4) is 0 Å². The fourth-order valence-electron chi connectivity index (χ4n) is 2.97. The molecular formula is C22H32FIN4O2S. The maximum Gasteiger partial charge on any atom is 0.216 e. The molecule has 2 rings (SSSR count). The second-order valence-electron chi connectivity index (χ2n) is 7.43. The number of halogens is 2. The van der Waals surface area contributed by atoms with Crippen LogP contribution in [0.1, 0.15) is 43.0 Å². The van der Waals surface area contributed by atoms with E-state index in [1.54, 1.807) is 32.9 Å². The van der Waals surface area contributed by atoms with Gasteiger partial charge in [0.1, 0.15) is 5.82 Å². The van der Waals surface area contributed by atoms with Gasteiger partial charge in [0, 0.05) is 19.1 Å². The summed E-state index contributed by atoms with van der Waals surface area (Å²) in [6.07, 6.45) is 0. The molecule has 0 aliphatic carbocycles. The Hall–Kier alpha value is -1.72. The monoisotopic (exact) mass is 562 g/mol. The molecule has 0 saturated heterocycles. The van der Waals surface area contributed by atoms with E-state index in [4.69, 9.17) is 0 Å². The Kier molecular flexibility index (Phi) is 11.4. The molecule has 9 heteroatoms. The molecular weight excluding hydrogens is 530 g/mol. The lowest BCUT2D eigenvalue weighted by Crippen LogP contribution is -2.37. The first kappa shape index (κ1) is 27.3. The van der Waals surface area contributed by atoms with E-state index < -0.39 is 10.0 Å². The number of aryl methyl sites for hydroxylation is 1. The van der Waals surface area contributed by atoms with E-state index >= 15 is 0 Å². The lowest BCUT2D eigenvalue weighted by Gasteiger charge is -2.15. The highest BCUT2D eigenvalue weighted by molar-refractivity contribution is 14.0. The van der Waals surface area contributed by atoms with Crippen molar-refractivity contribution in [2.24, 2.45) is 4.99 Å². The van der Waals surface area contributed by atoms with E-state index in [2.05, 4.69) is 20.3 Å². The predicted molar refractivity (Wildman–Crippen MR) is 136 cm³/mol. The van der Waals surface area contributed by atoms with Crippen LogP contribution in [0.2, 0.25) is 0 Å². The van der Waals surface area contributed by atoms with Crippen molar-refractivity contribution in [2.75, 3.05) is 6.54 Å². The SMILES string of the molecule is CCNC(=NCc1ccc(F)c(C)c1)NCc1ccccc1CS(=O)(=O)NC(C)C.I. The third-order valence-electron chi connectivity index (χ3n) is 4.31. The maximum absolute atomic E-state index is 13.4. The summed E-state index contributed by atoms with van der Waals surface area (Å²) in [6, 6.07) is 12.2. The van der Waals surface area contributed by atoms with E-state index in [0.29, 0.717) is 31.2 Å². The van der Waals surface area contributed by atoms with E-state index in [0.717, 1.165) is 16.7 Å². The van der Waals surface area contributed by atoms with E-state index in [9.17, 15) is 12.8 Å². The van der Waals surface area contributed by atoms with Crippen LogP contribution in [0.15, 0.2) is 47.5 Å². The molecule has 0 fully saturated rings. The molecule has 172 valence electrons. The Morgan fingerprint density at radius 2 is 1.77 bits per heavy atom. The van der Waals surface area contributed by atoms with Gasteiger partial charge < -0.3 is 10.6 Å². The average Bonchev–Trinajstić information content (AvgIpc) is 2.66. The van der Waals surface area contributed by atoms with Gasteiger partial charge in [-0.2, -0.15) is 0 Å². The van der Waals surface area contributed by atoms with Crippen LogP contribution in [0.4, 0.5) is 4.39 Å². The number of hydrogen-bond acceptors (Lipinski definition) is 3. The fourth-order valence-corrected chi connectivity index (χ4v) is 4.47. The molecule has 0 heterocycles. The van der Waals surface area contributed by atoms with Crippen LogP contribution in [0.5, 0.6) is 0 Å². The molecule has 0 aliphatic rings. The topological polar surface area (TPSA) is 82.6 Å². The number of nitrogens with one attached hydrogen (secondary N) is 3. The Morgan fingerprint density at radius 3 is 2.39 bits per heavy atom. The van der Waals surface area contributed by atoms with Crippen LogP contribution in [-0.4, -0.2) is 27.0 Å². The third-order valence-corrected chi connectivity index (χ3v) is 5.83. The summed E-state index contributed by atoms with van der Waals surface area (Å²) in [6.45, 7) is 8.82. The van der Waals surface area contributed by atoms with Gasteiger partial charge >= 0.3 is 0 Å². The van der Waals surface area contributed by atoms with Crippen molar-refractivity contribution in [3.63, 3.8) is 0 Å². The molecule has 0 saturated carbocycles. The van der Waals surface area contributed by atoms with Gasteiger partial charge in [0.05, 0.1) is 12.3 Å². The lowest BCUT2D eigenvalue weighted by atomic mass is 10.1. The quantitative estimate of drug-likeness (QED) is 0.247. The minimum Gasteiger partial charge on any atom is -0.357 e. The fraction of sp³-hybridized carbons (Fsp3) is 0.409. The van der Waals surface area contributed by atoms with Crippen LogP contribution in [0, 0.1) is 12.7 Å². The lowest BCUT2D eigenvalue weighted by molar-refractivity contribution is 0.568. The summed E-state index contributed by atoms with van der Waals surface area (Å²) in [7, 11) is -3.41. The van der Waals surface area contributed by atoms with E-state index in [1.807, 2.05) is 31.2 Å². The highest BCUT2D eigenvalue weighted by Crippen LogP contribution is 2.13. The highest BCUT2D eigenvalue weighted by Gasteiger charge is 2.15. The van der Waals surface area contributed by atoms with E-state index in [-0.39, 0.29) is 41.6 Å². The van der Waals surface area contributed by atoms with Crippen LogP contribution in [0.25, 0.3) is 0 Å². The Bertz CT molecular complexity index is 981. The van der Waals surface area contributed by atoms with Gasteiger partial charge in [0.2, 0.25) is 10.0 Å². The van der Waals surface area contributed by atoms with Crippen molar-refractivity contribution < 1.29 is 12.8 Å². The zero-order chi connectivity index (χ0) is 22.1. The van der Waals surface area contributed by atoms with E-state index in [1.165, 1.54) is 6.07 Å². The molecule has 31 heavy (non-hydrogen) atoms. The normalized spacial score (nSPS) is 11.9. The van der Waals surface area contributed by atoms with Crippen LogP contribution < -0.4 is 15.4 Å². The Labute approximate surface area is 202 Å². The first-order valence-corrected chi connectivity index (χ1v) is 11.7. The zero-order valence-corrected chi connectivity index (χ0v) is 21.6. The standard InChI is InChI=1S/C22H31FN4O2S.HI/c1-5-24-22(25-13-18-10-11-21(23)17(4)12-18)26-14-19-8-6-7-9-20(19)15-30(28,29)27-16(2)3;/h6-12,16,27H,5,13-15H2,1-4H3,(H2,24,25,26);1H. The minimum absolute atomic E-state index is 0. The molecule has 0 amide bonds. The number of guanidine groups is 1. The van der Waals surface area contributed by atoms with Crippen molar-refractivity contribution in [2.45, 2.75) is 52.6 Å². The third kappa shape index (κ3) is 9.53. The largest absolute Gasteiger partial charge is 0.357 e. The second-order valence-corrected chi connectivity index (χ2v) is 9.19. The molecule has 0 spiro atoms. The summed E-state index contributed by atoms with van der Waals surface area (Å²) in [4.78, 5) is 4.55. The average molecular weight is 562 g/mol. The first-order valence-electron chi connectivity index (χ1n) is 10.0. The number of benzene rings is 2. The summed E-state index contributed by atoms with van der Waals surface area (Å²) in [5.41, 5.74) is 3.13. The van der Waals surface area contributed by atoms with Crippen molar-refractivity contribution in [1.82, 2.24) is 15.4 Å². The Morgan fingerprint density at radius 1 is 1.10 bits per heavy atom. The van der Waals surface area contributed by atoms with Gasteiger partial charge in [-0.05, 0) is 56.0 Å². The number of nitrogens with zero attached hydrogens (tertiary/aromatic N) is 1. The highest BCUT2D eigenvalue weighted by atomic mass is 127. The summed E-state index contributed by atoms with van der Waals surface area (Å²) in [5, 5.41) is 6.43. The van der Waals surface area contributed by atoms with Crippen molar-refractivity contribution in [3.05, 3.63) is 70.5 Å². The smallest absolute Gasteiger partial charge is 0.216 e.